The predicted octanol–water partition coefficient (Wildman–Crippen LogP) is 5.29. The molecular formula is C19H11F3N4OS. The Labute approximate surface area is 161 Å². The molecule has 0 amide bonds. The average molecular weight is 400 g/mol. The van der Waals surface area contributed by atoms with Gasteiger partial charge in [-0.2, -0.15) is 9.19 Å². The number of nitrogens with zero attached hydrogens (tertiary/aromatic N) is 4. The molecule has 0 spiro atoms. The molecule has 140 valence electrons. The first kappa shape index (κ1) is 18.2. The molecule has 5 nitrogen and oxygen atoms in total. The largest absolute Gasteiger partial charge is 0.296 e. The summed E-state index contributed by atoms with van der Waals surface area (Å²) in [5.41, 5.74) is 2.25. The zero-order valence-electron chi connectivity index (χ0n) is 14.1. The van der Waals surface area contributed by atoms with Crippen molar-refractivity contribution in [3.05, 3.63) is 66.1 Å². The Hall–Kier alpha value is -3.20. The minimum absolute atomic E-state index is 0.102. The van der Waals surface area contributed by atoms with E-state index < -0.39 is 6.43 Å². The van der Waals surface area contributed by atoms with Crippen LogP contribution < -0.4 is 0 Å². The lowest BCUT2D eigenvalue weighted by molar-refractivity contribution is 0.112. The predicted molar refractivity (Wildman–Crippen MR) is 101 cm³/mol. The maximum absolute atomic E-state index is 13.0. The highest BCUT2D eigenvalue weighted by Crippen LogP contribution is 2.33. The molecule has 9 heteroatoms. The van der Waals surface area contributed by atoms with Crippen LogP contribution in [0.3, 0.4) is 0 Å². The number of hydrogen-bond donors (Lipinski definition) is 0. The van der Waals surface area contributed by atoms with E-state index in [0.29, 0.717) is 39.7 Å². The van der Waals surface area contributed by atoms with Gasteiger partial charge in [0.15, 0.2) is 18.6 Å². The van der Waals surface area contributed by atoms with E-state index in [4.69, 9.17) is 0 Å². The van der Waals surface area contributed by atoms with Crippen LogP contribution in [-0.4, -0.2) is 25.4 Å². The molecule has 0 radical (unpaired) electrons. The van der Waals surface area contributed by atoms with Gasteiger partial charge in [-0.25, -0.2) is 13.8 Å². The number of carbonyl (C=O) groups is 1. The normalized spacial score (nSPS) is 11.3. The van der Waals surface area contributed by atoms with Crippen LogP contribution in [0.2, 0.25) is 0 Å². The van der Waals surface area contributed by atoms with E-state index in [1.807, 2.05) is 0 Å². The lowest BCUT2D eigenvalue weighted by Gasteiger charge is -2.10. The van der Waals surface area contributed by atoms with Crippen LogP contribution in [0, 0.1) is 0 Å². The van der Waals surface area contributed by atoms with E-state index in [1.165, 1.54) is 12.1 Å². The Kier molecular flexibility index (Phi) is 4.82. The van der Waals surface area contributed by atoms with Gasteiger partial charge >= 0.3 is 0 Å². The summed E-state index contributed by atoms with van der Waals surface area (Å²) in [7, 11) is 0. The quantitative estimate of drug-likeness (QED) is 0.426. The van der Waals surface area contributed by atoms with Crippen LogP contribution in [0.5, 0.6) is 0 Å². The van der Waals surface area contributed by atoms with Gasteiger partial charge in [-0.3, -0.25) is 9.78 Å². The Morgan fingerprint density at radius 1 is 1.11 bits per heavy atom. The van der Waals surface area contributed by atoms with Gasteiger partial charge in [0.05, 0.1) is 16.9 Å². The van der Waals surface area contributed by atoms with E-state index in [1.54, 1.807) is 42.6 Å². The topological polar surface area (TPSA) is 60.7 Å². The number of fused-ring (bicyclic) bond motifs is 1. The van der Waals surface area contributed by atoms with Gasteiger partial charge in [-0.05, 0) is 35.9 Å². The van der Waals surface area contributed by atoms with Crippen molar-refractivity contribution >= 4 is 29.5 Å². The van der Waals surface area contributed by atoms with E-state index in [-0.39, 0.29) is 23.7 Å². The fourth-order valence-corrected chi connectivity index (χ4v) is 3.32. The summed E-state index contributed by atoms with van der Waals surface area (Å²) < 4.78 is 40.1. The van der Waals surface area contributed by atoms with Crippen molar-refractivity contribution in [3.8, 4) is 22.5 Å². The Balaban J connectivity index is 1.89. The van der Waals surface area contributed by atoms with Crippen LogP contribution in [0.15, 0.2) is 54.7 Å². The smallest absolute Gasteiger partial charge is 0.280 e. The SMILES string of the molecule is O=Cc1nn(SF)c2ccc(-c3cccnc3-c3cccc(C(F)F)n3)cc12. The summed E-state index contributed by atoms with van der Waals surface area (Å²) >= 11 is -0.106. The van der Waals surface area contributed by atoms with Gasteiger partial charge in [-0.15, -0.1) is 3.89 Å². The molecule has 1 aromatic carbocycles. The standard InChI is InChI=1S/C19H11F3N4OS/c20-19(21)15-5-1-4-14(24-15)18-12(3-2-8-23-18)11-6-7-17-13(9-11)16(10-27)25-26(17)28-22/h1-10,19H. The Bertz CT molecular complexity index is 1180. The molecule has 0 saturated carbocycles. The van der Waals surface area contributed by atoms with Gasteiger partial charge in [0.2, 0.25) is 0 Å². The highest BCUT2D eigenvalue weighted by molar-refractivity contribution is 7.92. The van der Waals surface area contributed by atoms with Crippen LogP contribution in [-0.2, 0) is 0 Å². The third kappa shape index (κ3) is 3.13. The molecule has 0 bridgehead atoms. The molecule has 4 aromatic rings. The zero-order valence-corrected chi connectivity index (χ0v) is 14.9. The summed E-state index contributed by atoms with van der Waals surface area (Å²) in [5, 5.41) is 4.37. The molecule has 3 heterocycles. The number of aldehydes is 1. The maximum Gasteiger partial charge on any atom is 0.280 e. The van der Waals surface area contributed by atoms with E-state index in [0.717, 1.165) is 4.09 Å². The molecule has 0 aliphatic carbocycles. The summed E-state index contributed by atoms with van der Waals surface area (Å²) in [6, 6.07) is 12.9. The molecular weight excluding hydrogens is 389 g/mol. The van der Waals surface area contributed by atoms with Crippen molar-refractivity contribution in [1.29, 1.82) is 0 Å². The number of carbonyl (C=O) groups excluding carboxylic acids is 1. The molecule has 4 rings (SSSR count). The van der Waals surface area contributed by atoms with Crippen molar-refractivity contribution in [2.75, 3.05) is 0 Å². The minimum Gasteiger partial charge on any atom is -0.296 e. The Morgan fingerprint density at radius 2 is 1.96 bits per heavy atom. The average Bonchev–Trinajstić information content (AvgIpc) is 3.11. The summed E-state index contributed by atoms with van der Waals surface area (Å²) in [5.74, 6) is 0. The molecule has 3 aromatic heterocycles. The van der Waals surface area contributed by atoms with Crippen molar-refractivity contribution in [2.45, 2.75) is 6.43 Å². The van der Waals surface area contributed by atoms with Gasteiger partial charge in [-0.1, -0.05) is 18.2 Å². The molecule has 0 aliphatic heterocycles. The minimum atomic E-state index is -2.69. The van der Waals surface area contributed by atoms with E-state index >= 15 is 0 Å². The van der Waals surface area contributed by atoms with Crippen LogP contribution >= 0.6 is 12.3 Å². The number of pyridine rings is 2. The third-order valence-corrected chi connectivity index (χ3v) is 4.62. The lowest BCUT2D eigenvalue weighted by Crippen LogP contribution is -1.95. The van der Waals surface area contributed by atoms with Gasteiger partial charge in [0, 0.05) is 17.1 Å². The summed E-state index contributed by atoms with van der Waals surface area (Å²) in [6.45, 7) is 0. The molecule has 0 fully saturated rings. The fourth-order valence-electron chi connectivity index (χ4n) is 2.97. The molecule has 0 saturated heterocycles. The maximum atomic E-state index is 13.0. The number of hydrogen-bond acceptors (Lipinski definition) is 5. The molecule has 0 unspecified atom stereocenters. The Morgan fingerprint density at radius 3 is 2.71 bits per heavy atom. The zero-order chi connectivity index (χ0) is 19.7. The highest BCUT2D eigenvalue weighted by Gasteiger charge is 2.16. The van der Waals surface area contributed by atoms with Crippen molar-refractivity contribution in [2.24, 2.45) is 0 Å². The second-order valence-electron chi connectivity index (χ2n) is 5.82. The number of rotatable bonds is 5. The summed E-state index contributed by atoms with van der Waals surface area (Å²) in [6.07, 6.45) is -0.595. The number of aromatic nitrogens is 4. The van der Waals surface area contributed by atoms with Crippen LogP contribution in [0.25, 0.3) is 33.4 Å². The van der Waals surface area contributed by atoms with E-state index in [2.05, 4.69) is 15.1 Å². The third-order valence-electron chi connectivity index (χ3n) is 4.21. The lowest BCUT2D eigenvalue weighted by atomic mass is 10.00. The highest BCUT2D eigenvalue weighted by atomic mass is 32.2. The first-order chi connectivity index (χ1) is 13.6. The summed E-state index contributed by atoms with van der Waals surface area (Å²) in [4.78, 5) is 19.6. The van der Waals surface area contributed by atoms with Crippen molar-refractivity contribution in [1.82, 2.24) is 19.2 Å². The van der Waals surface area contributed by atoms with Gasteiger partial charge in [0.25, 0.3) is 6.43 Å². The van der Waals surface area contributed by atoms with Gasteiger partial charge < -0.3 is 0 Å². The molecule has 0 atom stereocenters. The fraction of sp³-hybridized carbons (Fsp3) is 0.0526. The van der Waals surface area contributed by atoms with Gasteiger partial charge in [0.1, 0.15) is 11.4 Å². The molecule has 0 N–H and O–H groups in total. The first-order valence-electron chi connectivity index (χ1n) is 8.10. The number of benzene rings is 1. The van der Waals surface area contributed by atoms with Crippen molar-refractivity contribution in [3.63, 3.8) is 0 Å². The number of alkyl halides is 2. The van der Waals surface area contributed by atoms with Crippen LogP contribution in [0.4, 0.5) is 12.7 Å². The second-order valence-corrected chi connectivity index (χ2v) is 6.31. The molecule has 28 heavy (non-hydrogen) atoms. The van der Waals surface area contributed by atoms with E-state index in [9.17, 15) is 17.5 Å². The molecule has 0 aliphatic rings. The van der Waals surface area contributed by atoms with Crippen molar-refractivity contribution < 1.29 is 17.5 Å². The monoisotopic (exact) mass is 400 g/mol. The first-order valence-corrected chi connectivity index (χ1v) is 8.77. The van der Waals surface area contributed by atoms with Crippen LogP contribution in [0.1, 0.15) is 22.6 Å². The second kappa shape index (κ2) is 7.43. The number of halogens is 3.